The van der Waals surface area contributed by atoms with Gasteiger partial charge in [-0.2, -0.15) is 0 Å². The van der Waals surface area contributed by atoms with Gasteiger partial charge in [0.2, 0.25) is 5.91 Å². The highest BCUT2D eigenvalue weighted by atomic mass is 19.1. The molecular weight excluding hydrogens is 269 g/mol. The first-order valence-corrected chi connectivity index (χ1v) is 7.79. The van der Waals surface area contributed by atoms with Crippen molar-refractivity contribution >= 4 is 5.91 Å². The number of aliphatic hydroxyl groups excluding tert-OH is 1. The van der Waals surface area contributed by atoms with E-state index in [2.05, 4.69) is 12.2 Å². The Bertz CT molecular complexity index is 454. The maximum Gasteiger partial charge on any atom is 0.223 e. The summed E-state index contributed by atoms with van der Waals surface area (Å²) in [5.41, 5.74) is 1.04. The van der Waals surface area contributed by atoms with E-state index >= 15 is 0 Å². The maximum absolute atomic E-state index is 12.9. The Hall–Kier alpha value is -1.42. The van der Waals surface area contributed by atoms with E-state index in [0.717, 1.165) is 31.2 Å². The second kappa shape index (κ2) is 7.55. The van der Waals surface area contributed by atoms with Crippen LogP contribution in [0.3, 0.4) is 0 Å². The molecule has 1 amide bonds. The molecule has 0 saturated heterocycles. The number of hydrogen-bond acceptors (Lipinski definition) is 2. The molecule has 0 aliphatic heterocycles. The molecular formula is C17H24FNO2. The van der Waals surface area contributed by atoms with Crippen molar-refractivity contribution in [2.75, 3.05) is 13.2 Å². The summed E-state index contributed by atoms with van der Waals surface area (Å²) in [4.78, 5) is 12.1. The molecule has 1 fully saturated rings. The molecule has 2 rings (SSSR count). The van der Waals surface area contributed by atoms with Crippen LogP contribution in [0.1, 0.15) is 44.1 Å². The third kappa shape index (κ3) is 4.53. The van der Waals surface area contributed by atoms with Crippen LogP contribution in [-0.2, 0) is 4.79 Å². The molecule has 0 radical (unpaired) electrons. The molecule has 3 nitrogen and oxygen atoms in total. The van der Waals surface area contributed by atoms with E-state index < -0.39 is 0 Å². The zero-order valence-electron chi connectivity index (χ0n) is 12.5. The molecule has 0 heterocycles. The Morgan fingerprint density at radius 3 is 2.71 bits per heavy atom. The van der Waals surface area contributed by atoms with Gasteiger partial charge in [0.05, 0.1) is 0 Å². The molecule has 3 unspecified atom stereocenters. The van der Waals surface area contributed by atoms with Crippen LogP contribution >= 0.6 is 0 Å². The monoisotopic (exact) mass is 293 g/mol. The van der Waals surface area contributed by atoms with E-state index in [9.17, 15) is 9.18 Å². The van der Waals surface area contributed by atoms with Gasteiger partial charge in [0, 0.05) is 19.1 Å². The topological polar surface area (TPSA) is 49.3 Å². The Labute approximate surface area is 125 Å². The highest BCUT2D eigenvalue weighted by Gasteiger charge is 2.43. The fraction of sp³-hybridized carbons (Fsp3) is 0.588. The van der Waals surface area contributed by atoms with Gasteiger partial charge in [0.1, 0.15) is 5.82 Å². The summed E-state index contributed by atoms with van der Waals surface area (Å²) in [5, 5.41) is 12.0. The van der Waals surface area contributed by atoms with Crippen molar-refractivity contribution in [3.8, 4) is 0 Å². The third-order valence-corrected chi connectivity index (χ3v) is 4.22. The number of hydrogen-bond donors (Lipinski definition) is 2. The van der Waals surface area contributed by atoms with Crippen LogP contribution in [0.15, 0.2) is 24.3 Å². The van der Waals surface area contributed by atoms with E-state index in [4.69, 9.17) is 5.11 Å². The molecule has 0 aromatic heterocycles. The van der Waals surface area contributed by atoms with Gasteiger partial charge < -0.3 is 10.4 Å². The number of nitrogens with one attached hydrogen (secondary N) is 1. The lowest BCUT2D eigenvalue weighted by Crippen LogP contribution is -2.31. The van der Waals surface area contributed by atoms with Crippen molar-refractivity contribution in [3.63, 3.8) is 0 Å². The van der Waals surface area contributed by atoms with Crippen LogP contribution in [0.2, 0.25) is 0 Å². The van der Waals surface area contributed by atoms with E-state index in [-0.39, 0.29) is 30.2 Å². The minimum atomic E-state index is -0.244. The molecule has 21 heavy (non-hydrogen) atoms. The van der Waals surface area contributed by atoms with Crippen LogP contribution in [0, 0.1) is 17.7 Å². The number of carbonyl (C=O) groups is 1. The Morgan fingerprint density at radius 1 is 1.38 bits per heavy atom. The summed E-state index contributed by atoms with van der Waals surface area (Å²) in [7, 11) is 0. The second-order valence-electron chi connectivity index (χ2n) is 5.91. The molecule has 3 atom stereocenters. The molecule has 1 aromatic rings. The van der Waals surface area contributed by atoms with Crippen LogP contribution < -0.4 is 5.32 Å². The molecule has 2 N–H and O–H groups in total. The number of benzene rings is 1. The molecule has 0 spiro atoms. The predicted molar refractivity (Wildman–Crippen MR) is 80.4 cm³/mol. The normalized spacial score (nSPS) is 21.9. The minimum Gasteiger partial charge on any atom is -0.396 e. The first kappa shape index (κ1) is 16.0. The second-order valence-corrected chi connectivity index (χ2v) is 5.91. The molecule has 1 aliphatic carbocycles. The first-order chi connectivity index (χ1) is 10.2. The highest BCUT2D eigenvalue weighted by Crippen LogP contribution is 2.47. The van der Waals surface area contributed by atoms with E-state index in [1.54, 1.807) is 12.1 Å². The zero-order chi connectivity index (χ0) is 15.2. The quantitative estimate of drug-likeness (QED) is 0.774. The first-order valence-electron chi connectivity index (χ1n) is 7.79. The van der Waals surface area contributed by atoms with Crippen molar-refractivity contribution in [2.45, 2.75) is 38.5 Å². The van der Waals surface area contributed by atoms with Gasteiger partial charge in [-0.25, -0.2) is 4.39 Å². The predicted octanol–water partition coefficient (Wildman–Crippen LogP) is 2.84. The summed E-state index contributed by atoms with van der Waals surface area (Å²) in [6, 6.07) is 6.42. The van der Waals surface area contributed by atoms with E-state index in [0.29, 0.717) is 12.5 Å². The Morgan fingerprint density at radius 2 is 2.10 bits per heavy atom. The molecule has 4 heteroatoms. The van der Waals surface area contributed by atoms with Gasteiger partial charge in [-0.1, -0.05) is 25.5 Å². The smallest absolute Gasteiger partial charge is 0.223 e. The van der Waals surface area contributed by atoms with Crippen LogP contribution in [0.5, 0.6) is 0 Å². The van der Waals surface area contributed by atoms with Gasteiger partial charge in [-0.05, 0) is 48.8 Å². The van der Waals surface area contributed by atoms with Crippen LogP contribution in [0.25, 0.3) is 0 Å². The van der Waals surface area contributed by atoms with Crippen molar-refractivity contribution in [1.29, 1.82) is 0 Å². The van der Waals surface area contributed by atoms with Gasteiger partial charge in [0.25, 0.3) is 0 Å². The van der Waals surface area contributed by atoms with E-state index in [1.807, 2.05) is 0 Å². The number of carbonyl (C=O) groups excluding carboxylic acids is 1. The molecule has 116 valence electrons. The molecule has 1 aromatic carbocycles. The Kier molecular flexibility index (Phi) is 5.74. The third-order valence-electron chi connectivity index (χ3n) is 4.22. The largest absolute Gasteiger partial charge is 0.396 e. The summed E-state index contributed by atoms with van der Waals surface area (Å²) < 4.78 is 12.9. The summed E-state index contributed by atoms with van der Waals surface area (Å²) in [6.07, 6.45) is 3.66. The fourth-order valence-corrected chi connectivity index (χ4v) is 2.88. The van der Waals surface area contributed by atoms with E-state index in [1.165, 1.54) is 12.1 Å². The number of aliphatic hydroxyl groups is 1. The Balaban J connectivity index is 1.78. The van der Waals surface area contributed by atoms with Gasteiger partial charge >= 0.3 is 0 Å². The highest BCUT2D eigenvalue weighted by molar-refractivity contribution is 5.82. The molecule has 1 saturated carbocycles. The number of rotatable bonds is 8. The lowest BCUT2D eigenvalue weighted by atomic mass is 10.00. The maximum atomic E-state index is 12.9. The number of amides is 1. The van der Waals surface area contributed by atoms with Crippen LogP contribution in [0.4, 0.5) is 4.39 Å². The summed E-state index contributed by atoms with van der Waals surface area (Å²) in [5.74, 6) is 0.446. The summed E-state index contributed by atoms with van der Waals surface area (Å²) in [6.45, 7) is 2.92. The lowest BCUT2D eigenvalue weighted by Gasteiger charge is -2.15. The van der Waals surface area contributed by atoms with Crippen molar-refractivity contribution < 1.29 is 14.3 Å². The standard InChI is InChI=1S/C17H24FNO2/c1-2-3-12(8-9-20)11-19-17(21)16-10-15(16)13-4-6-14(18)7-5-13/h4-7,12,15-16,20H,2-3,8-11H2,1H3,(H,19,21). The SMILES string of the molecule is CCCC(CCO)CNC(=O)C1CC1c1ccc(F)cc1. The molecule has 0 bridgehead atoms. The summed E-state index contributed by atoms with van der Waals surface area (Å²) >= 11 is 0. The van der Waals surface area contributed by atoms with Crippen molar-refractivity contribution in [1.82, 2.24) is 5.32 Å². The lowest BCUT2D eigenvalue weighted by molar-refractivity contribution is -0.122. The minimum absolute atomic E-state index is 0.0202. The van der Waals surface area contributed by atoms with Gasteiger partial charge in [-0.3, -0.25) is 4.79 Å². The number of halogens is 1. The average molecular weight is 293 g/mol. The zero-order valence-corrected chi connectivity index (χ0v) is 12.5. The van der Waals surface area contributed by atoms with Crippen molar-refractivity contribution in [3.05, 3.63) is 35.6 Å². The molecule has 1 aliphatic rings. The average Bonchev–Trinajstić information content (AvgIpc) is 3.26. The van der Waals surface area contributed by atoms with Crippen LogP contribution in [-0.4, -0.2) is 24.2 Å². The van der Waals surface area contributed by atoms with Crippen molar-refractivity contribution in [2.24, 2.45) is 11.8 Å². The fourth-order valence-electron chi connectivity index (χ4n) is 2.88. The van der Waals surface area contributed by atoms with Gasteiger partial charge in [0.15, 0.2) is 0 Å². The van der Waals surface area contributed by atoms with Gasteiger partial charge in [-0.15, -0.1) is 0 Å².